The Balaban J connectivity index is 1.51. The van der Waals surface area contributed by atoms with Crippen LogP contribution < -0.4 is 5.32 Å². The number of hydrogen-bond acceptors (Lipinski definition) is 6. The Hall–Kier alpha value is -1.34. The van der Waals surface area contributed by atoms with Crippen molar-refractivity contribution in [1.29, 1.82) is 0 Å². The monoisotopic (exact) mass is 336 g/mol. The molecule has 22 heavy (non-hydrogen) atoms. The van der Waals surface area contributed by atoms with Crippen LogP contribution in [0.25, 0.3) is 0 Å². The standard InChI is InChI=1S/C15H20N4OS2/c1-19-9-5-8-12(19)13(20)10-21-15-18-17-14(22-15)16-11-6-3-2-4-7-11/h5,8-9,11H,2-4,6-7,10H2,1H3,(H,16,17). The first kappa shape index (κ1) is 15.6. The lowest BCUT2D eigenvalue weighted by Crippen LogP contribution is -2.21. The average Bonchev–Trinajstić information content (AvgIpc) is 3.15. The second kappa shape index (κ2) is 7.28. The van der Waals surface area contributed by atoms with Crippen molar-refractivity contribution in [3.8, 4) is 0 Å². The van der Waals surface area contributed by atoms with Crippen LogP contribution in [0.4, 0.5) is 5.13 Å². The van der Waals surface area contributed by atoms with Crippen LogP contribution in [-0.2, 0) is 7.05 Å². The Kier molecular flexibility index (Phi) is 5.15. The Labute approximate surface area is 138 Å². The number of anilines is 1. The molecule has 2 heterocycles. The van der Waals surface area contributed by atoms with Crippen LogP contribution in [0, 0.1) is 0 Å². The van der Waals surface area contributed by atoms with Gasteiger partial charge in [0.05, 0.1) is 11.4 Å². The lowest BCUT2D eigenvalue weighted by molar-refractivity contribution is 0.101. The highest BCUT2D eigenvalue weighted by molar-refractivity contribution is 8.01. The van der Waals surface area contributed by atoms with E-state index in [2.05, 4.69) is 15.5 Å². The molecule has 1 N–H and O–H groups in total. The van der Waals surface area contributed by atoms with Crippen molar-refractivity contribution < 1.29 is 4.79 Å². The van der Waals surface area contributed by atoms with Gasteiger partial charge in [-0.05, 0) is 25.0 Å². The van der Waals surface area contributed by atoms with Gasteiger partial charge in [0.15, 0.2) is 10.1 Å². The molecule has 7 heteroatoms. The minimum absolute atomic E-state index is 0.120. The largest absolute Gasteiger partial charge is 0.357 e. The van der Waals surface area contributed by atoms with Gasteiger partial charge >= 0.3 is 0 Å². The van der Waals surface area contributed by atoms with Crippen molar-refractivity contribution in [2.45, 2.75) is 42.5 Å². The normalized spacial score (nSPS) is 15.9. The molecule has 1 fully saturated rings. The first-order valence-electron chi connectivity index (χ1n) is 7.60. The van der Waals surface area contributed by atoms with Gasteiger partial charge in [0.1, 0.15) is 0 Å². The molecule has 0 amide bonds. The molecule has 2 aromatic heterocycles. The second-order valence-electron chi connectivity index (χ2n) is 5.57. The third-order valence-corrected chi connectivity index (χ3v) is 5.88. The summed E-state index contributed by atoms with van der Waals surface area (Å²) in [7, 11) is 1.88. The average molecular weight is 336 g/mol. The predicted molar refractivity (Wildman–Crippen MR) is 90.9 cm³/mol. The van der Waals surface area contributed by atoms with Gasteiger partial charge in [0.2, 0.25) is 5.13 Å². The van der Waals surface area contributed by atoms with Gasteiger partial charge in [-0.2, -0.15) is 0 Å². The molecule has 0 unspecified atom stereocenters. The summed E-state index contributed by atoms with van der Waals surface area (Å²) in [5, 5.41) is 12.7. The third-order valence-electron chi connectivity index (χ3n) is 3.90. The van der Waals surface area contributed by atoms with Gasteiger partial charge in [0.25, 0.3) is 0 Å². The van der Waals surface area contributed by atoms with Gasteiger partial charge in [-0.25, -0.2) is 0 Å². The van der Waals surface area contributed by atoms with E-state index in [9.17, 15) is 4.79 Å². The zero-order chi connectivity index (χ0) is 15.4. The van der Waals surface area contributed by atoms with Crippen molar-refractivity contribution in [2.24, 2.45) is 7.05 Å². The smallest absolute Gasteiger partial charge is 0.206 e. The minimum Gasteiger partial charge on any atom is -0.357 e. The van der Waals surface area contributed by atoms with E-state index in [1.54, 1.807) is 11.3 Å². The number of carbonyl (C=O) groups excluding carboxylic acids is 1. The topological polar surface area (TPSA) is 59.8 Å². The molecule has 0 saturated heterocycles. The van der Waals surface area contributed by atoms with Crippen molar-refractivity contribution >= 4 is 34.0 Å². The second-order valence-corrected chi connectivity index (χ2v) is 7.77. The van der Waals surface area contributed by atoms with E-state index in [1.165, 1.54) is 43.9 Å². The molecule has 0 atom stereocenters. The Morgan fingerprint density at radius 1 is 1.41 bits per heavy atom. The summed E-state index contributed by atoms with van der Waals surface area (Å²) in [4.78, 5) is 12.1. The molecule has 0 radical (unpaired) electrons. The number of aromatic nitrogens is 3. The molecule has 0 bridgehead atoms. The van der Waals surface area contributed by atoms with E-state index in [0.717, 1.165) is 15.2 Å². The number of thioether (sulfide) groups is 1. The molecular formula is C15H20N4OS2. The van der Waals surface area contributed by atoms with Gasteiger partial charge in [0, 0.05) is 19.3 Å². The fraction of sp³-hybridized carbons (Fsp3) is 0.533. The molecular weight excluding hydrogens is 316 g/mol. The summed E-state index contributed by atoms with van der Waals surface area (Å²) in [6.45, 7) is 0. The molecule has 0 aliphatic heterocycles. The maximum Gasteiger partial charge on any atom is 0.206 e. The van der Waals surface area contributed by atoms with Crippen LogP contribution in [0.2, 0.25) is 0 Å². The van der Waals surface area contributed by atoms with Crippen LogP contribution >= 0.6 is 23.1 Å². The SMILES string of the molecule is Cn1cccc1C(=O)CSc1nnc(NC2CCCCC2)s1. The number of Topliss-reactive ketones (excluding diaryl/α,β-unsaturated/α-hetero) is 1. The van der Waals surface area contributed by atoms with Crippen LogP contribution in [-0.4, -0.2) is 32.3 Å². The van der Waals surface area contributed by atoms with Crippen molar-refractivity contribution in [3.05, 3.63) is 24.0 Å². The number of hydrogen-bond donors (Lipinski definition) is 1. The fourth-order valence-corrected chi connectivity index (χ4v) is 4.40. The van der Waals surface area contributed by atoms with E-state index in [1.807, 2.05) is 29.9 Å². The summed E-state index contributed by atoms with van der Waals surface area (Å²) in [6, 6.07) is 4.26. The highest BCUT2D eigenvalue weighted by Crippen LogP contribution is 2.28. The molecule has 0 aromatic carbocycles. The number of aryl methyl sites for hydroxylation is 1. The highest BCUT2D eigenvalue weighted by Gasteiger charge is 2.16. The first-order chi connectivity index (χ1) is 10.7. The fourth-order valence-electron chi connectivity index (χ4n) is 2.70. The van der Waals surface area contributed by atoms with E-state index in [0.29, 0.717) is 11.8 Å². The Bertz CT molecular complexity index is 631. The molecule has 118 valence electrons. The van der Waals surface area contributed by atoms with Crippen molar-refractivity contribution in [2.75, 3.05) is 11.1 Å². The van der Waals surface area contributed by atoms with Crippen LogP contribution in [0.1, 0.15) is 42.6 Å². The Morgan fingerprint density at radius 3 is 2.95 bits per heavy atom. The number of nitrogens with one attached hydrogen (secondary N) is 1. The maximum atomic E-state index is 12.1. The molecule has 1 saturated carbocycles. The lowest BCUT2D eigenvalue weighted by Gasteiger charge is -2.21. The van der Waals surface area contributed by atoms with E-state index in [4.69, 9.17) is 0 Å². The van der Waals surface area contributed by atoms with Crippen LogP contribution in [0.15, 0.2) is 22.7 Å². The van der Waals surface area contributed by atoms with Gasteiger partial charge in [-0.3, -0.25) is 4.79 Å². The minimum atomic E-state index is 0.120. The number of carbonyl (C=O) groups is 1. The predicted octanol–water partition coefficient (Wildman–Crippen LogP) is 3.60. The van der Waals surface area contributed by atoms with Crippen molar-refractivity contribution in [3.63, 3.8) is 0 Å². The quantitative estimate of drug-likeness (QED) is 0.645. The lowest BCUT2D eigenvalue weighted by atomic mass is 9.96. The molecule has 1 aliphatic rings. The molecule has 0 spiro atoms. The zero-order valence-electron chi connectivity index (χ0n) is 12.6. The van der Waals surface area contributed by atoms with Gasteiger partial charge in [-0.1, -0.05) is 42.4 Å². The van der Waals surface area contributed by atoms with Gasteiger partial charge < -0.3 is 9.88 Å². The first-order valence-corrected chi connectivity index (χ1v) is 9.40. The van der Waals surface area contributed by atoms with Crippen molar-refractivity contribution in [1.82, 2.24) is 14.8 Å². The molecule has 5 nitrogen and oxygen atoms in total. The third kappa shape index (κ3) is 3.89. The van der Waals surface area contributed by atoms with Crippen LogP contribution in [0.5, 0.6) is 0 Å². The summed E-state index contributed by atoms with van der Waals surface area (Å²) >= 11 is 3.00. The van der Waals surface area contributed by atoms with Gasteiger partial charge in [-0.15, -0.1) is 10.2 Å². The van der Waals surface area contributed by atoms with E-state index < -0.39 is 0 Å². The number of rotatable bonds is 6. The maximum absolute atomic E-state index is 12.1. The molecule has 1 aliphatic carbocycles. The molecule has 3 rings (SSSR count). The summed E-state index contributed by atoms with van der Waals surface area (Å²) in [5.74, 6) is 0.519. The summed E-state index contributed by atoms with van der Waals surface area (Å²) < 4.78 is 2.69. The highest BCUT2D eigenvalue weighted by atomic mass is 32.2. The van der Waals surface area contributed by atoms with E-state index in [-0.39, 0.29) is 5.78 Å². The summed E-state index contributed by atoms with van der Waals surface area (Å²) in [5.41, 5.74) is 0.734. The Morgan fingerprint density at radius 2 is 2.23 bits per heavy atom. The van der Waals surface area contributed by atoms with E-state index >= 15 is 0 Å². The number of nitrogens with zero attached hydrogens (tertiary/aromatic N) is 3. The zero-order valence-corrected chi connectivity index (χ0v) is 14.3. The molecule has 2 aromatic rings. The number of ketones is 1. The summed E-state index contributed by atoms with van der Waals surface area (Å²) in [6.07, 6.45) is 8.25. The van der Waals surface area contributed by atoms with Crippen LogP contribution in [0.3, 0.4) is 0 Å².